The van der Waals surface area contributed by atoms with Crippen molar-refractivity contribution < 1.29 is 27.6 Å². The Balaban J connectivity index is 1.68. The summed E-state index contributed by atoms with van der Waals surface area (Å²) in [6, 6.07) is 17.5. The summed E-state index contributed by atoms with van der Waals surface area (Å²) < 4.78 is 37.8. The van der Waals surface area contributed by atoms with Crippen LogP contribution >= 0.6 is 0 Å². The lowest BCUT2D eigenvalue weighted by Crippen LogP contribution is -2.31. The molecular formula is C26H28N4O7S. The van der Waals surface area contributed by atoms with Crippen molar-refractivity contribution in [2.24, 2.45) is 5.10 Å². The lowest BCUT2D eigenvalue weighted by atomic mass is 10.1. The number of nitrogens with zero attached hydrogens (tertiary/aromatic N) is 3. The fraction of sp³-hybridized carbons (Fsp3) is 0.231. The number of rotatable bonds is 12. The van der Waals surface area contributed by atoms with Gasteiger partial charge in [0.25, 0.3) is 5.69 Å². The Morgan fingerprint density at radius 3 is 2.29 bits per heavy atom. The Morgan fingerprint density at radius 2 is 1.71 bits per heavy atom. The van der Waals surface area contributed by atoms with Crippen molar-refractivity contribution in [2.45, 2.75) is 25.3 Å². The van der Waals surface area contributed by atoms with Gasteiger partial charge in [0.05, 0.1) is 29.5 Å². The lowest BCUT2D eigenvalue weighted by molar-refractivity contribution is -0.385. The molecule has 0 fully saturated rings. The van der Waals surface area contributed by atoms with Gasteiger partial charge in [-0.25, -0.2) is 13.2 Å². The quantitative estimate of drug-likeness (QED) is 0.154. The van der Waals surface area contributed by atoms with Gasteiger partial charge in [-0.2, -0.15) is 9.41 Å². The summed E-state index contributed by atoms with van der Waals surface area (Å²) in [5.74, 6) is 0.217. The second kappa shape index (κ2) is 12.8. The summed E-state index contributed by atoms with van der Waals surface area (Å²) in [7, 11) is -2.64. The van der Waals surface area contributed by atoms with Gasteiger partial charge in [0.2, 0.25) is 10.0 Å². The number of esters is 1. The highest BCUT2D eigenvalue weighted by molar-refractivity contribution is 7.89. The van der Waals surface area contributed by atoms with E-state index in [9.17, 15) is 23.3 Å². The van der Waals surface area contributed by atoms with Crippen molar-refractivity contribution in [2.75, 3.05) is 25.6 Å². The minimum atomic E-state index is -3.97. The van der Waals surface area contributed by atoms with E-state index in [0.29, 0.717) is 23.5 Å². The molecule has 200 valence electrons. The van der Waals surface area contributed by atoms with Crippen LogP contribution in [0.2, 0.25) is 0 Å². The zero-order chi connectivity index (χ0) is 27.7. The van der Waals surface area contributed by atoms with Crippen LogP contribution in [0.15, 0.2) is 76.7 Å². The normalized spacial score (nSPS) is 11.5. The first-order valence-corrected chi connectivity index (χ1v) is 13.1. The van der Waals surface area contributed by atoms with Gasteiger partial charge in [0.15, 0.2) is 0 Å². The van der Waals surface area contributed by atoms with Crippen molar-refractivity contribution in [3.63, 3.8) is 0 Å². The Morgan fingerprint density at radius 1 is 1.05 bits per heavy atom. The highest BCUT2D eigenvalue weighted by Crippen LogP contribution is 2.29. The molecule has 0 aromatic heterocycles. The number of ether oxygens (including phenoxy) is 2. The van der Waals surface area contributed by atoms with Crippen molar-refractivity contribution in [1.29, 1.82) is 0 Å². The monoisotopic (exact) mass is 540 g/mol. The van der Waals surface area contributed by atoms with Crippen LogP contribution in [0, 0.1) is 10.1 Å². The van der Waals surface area contributed by atoms with E-state index in [-0.39, 0.29) is 29.4 Å². The highest BCUT2D eigenvalue weighted by atomic mass is 32.2. The zero-order valence-corrected chi connectivity index (χ0v) is 22.0. The maximum absolute atomic E-state index is 13.1. The predicted molar refractivity (Wildman–Crippen MR) is 143 cm³/mol. The van der Waals surface area contributed by atoms with Gasteiger partial charge in [-0.15, -0.1) is 0 Å². The molecule has 0 bridgehead atoms. The van der Waals surface area contributed by atoms with E-state index in [4.69, 9.17) is 4.74 Å². The van der Waals surface area contributed by atoms with Crippen LogP contribution in [-0.2, 0) is 21.4 Å². The van der Waals surface area contributed by atoms with E-state index in [1.165, 1.54) is 29.8 Å². The Kier molecular flexibility index (Phi) is 9.52. The number of non-ortho nitro benzene ring substituents is 1. The van der Waals surface area contributed by atoms with Crippen LogP contribution < -0.4 is 10.2 Å². The van der Waals surface area contributed by atoms with E-state index in [0.717, 1.165) is 11.6 Å². The first-order valence-electron chi connectivity index (χ1n) is 11.7. The second-order valence-corrected chi connectivity index (χ2v) is 9.85. The summed E-state index contributed by atoms with van der Waals surface area (Å²) in [5, 5.41) is 15.3. The molecule has 0 aliphatic heterocycles. The van der Waals surface area contributed by atoms with Gasteiger partial charge in [-0.05, 0) is 53.6 Å². The van der Waals surface area contributed by atoms with Gasteiger partial charge in [-0.3, -0.25) is 15.5 Å². The summed E-state index contributed by atoms with van der Waals surface area (Å²) in [4.78, 5) is 21.9. The van der Waals surface area contributed by atoms with E-state index in [2.05, 4.69) is 15.3 Å². The molecule has 0 aliphatic carbocycles. The van der Waals surface area contributed by atoms with E-state index < -0.39 is 20.9 Å². The summed E-state index contributed by atoms with van der Waals surface area (Å²) >= 11 is 0. The van der Waals surface area contributed by atoms with Crippen LogP contribution in [0.25, 0.3) is 0 Å². The van der Waals surface area contributed by atoms with Gasteiger partial charge in [0, 0.05) is 25.2 Å². The van der Waals surface area contributed by atoms with Gasteiger partial charge < -0.3 is 9.47 Å². The minimum Gasteiger partial charge on any atom is -0.489 e. The average Bonchev–Trinajstić information content (AvgIpc) is 2.93. The first kappa shape index (κ1) is 28.3. The molecule has 0 unspecified atom stereocenters. The number of methoxy groups -OCH3 is 1. The number of hydrogen-bond acceptors (Lipinski definition) is 9. The van der Waals surface area contributed by atoms with Gasteiger partial charge in [0.1, 0.15) is 17.3 Å². The minimum absolute atomic E-state index is 0.122. The Bertz CT molecular complexity index is 1400. The number of carbonyl (C=O) groups is 1. The molecule has 3 aromatic rings. The number of nitrogens with one attached hydrogen (secondary N) is 1. The third kappa shape index (κ3) is 6.93. The number of benzene rings is 3. The largest absolute Gasteiger partial charge is 0.489 e. The molecule has 0 saturated heterocycles. The molecule has 1 N–H and O–H groups in total. The van der Waals surface area contributed by atoms with Crippen LogP contribution in [0.5, 0.6) is 5.75 Å². The number of nitro benzene ring substituents is 1. The number of carbonyl (C=O) groups excluding carboxylic acids is 1. The number of sulfonamides is 1. The molecule has 0 amide bonds. The molecule has 0 atom stereocenters. The van der Waals surface area contributed by atoms with Gasteiger partial charge in [-0.1, -0.05) is 26.0 Å². The lowest BCUT2D eigenvalue weighted by Gasteiger charge is -2.20. The fourth-order valence-electron chi connectivity index (χ4n) is 3.48. The van der Waals surface area contributed by atoms with Crippen molar-refractivity contribution in [3.8, 4) is 5.75 Å². The average molecular weight is 541 g/mol. The maximum Gasteiger partial charge on any atom is 0.337 e. The van der Waals surface area contributed by atoms with E-state index in [1.54, 1.807) is 62.4 Å². The maximum atomic E-state index is 13.1. The summed E-state index contributed by atoms with van der Waals surface area (Å²) in [6.07, 6.45) is 1.49. The standard InChI is InChI=1S/C26H28N4O7S/c1-4-29(5-2)38(34,35)25-16-22(30(32)33)12-15-24(25)28-27-17-19-8-13-23(14-9-19)37-18-20-6-10-21(11-7-20)26(31)36-3/h6-17,28H,4-5,18H2,1-3H3/b27-17+. The second-order valence-electron chi connectivity index (χ2n) is 7.94. The predicted octanol–water partition coefficient (Wildman–Crippen LogP) is 4.44. The molecule has 38 heavy (non-hydrogen) atoms. The molecule has 11 nitrogen and oxygen atoms in total. The molecule has 0 heterocycles. The van der Waals surface area contributed by atoms with E-state index >= 15 is 0 Å². The third-order valence-electron chi connectivity index (χ3n) is 5.56. The summed E-state index contributed by atoms with van der Waals surface area (Å²) in [6.45, 7) is 4.13. The molecule has 0 aliphatic rings. The third-order valence-corrected chi connectivity index (χ3v) is 7.65. The van der Waals surface area contributed by atoms with Crippen molar-refractivity contribution in [1.82, 2.24) is 4.31 Å². The van der Waals surface area contributed by atoms with Crippen LogP contribution in [-0.4, -0.2) is 50.0 Å². The van der Waals surface area contributed by atoms with Crippen molar-refractivity contribution in [3.05, 3.63) is 93.5 Å². The zero-order valence-electron chi connectivity index (χ0n) is 21.2. The summed E-state index contributed by atoms with van der Waals surface area (Å²) in [5.41, 5.74) is 4.53. The first-order chi connectivity index (χ1) is 18.2. The Labute approximate surface area is 220 Å². The number of hydrazone groups is 1. The molecule has 3 aromatic carbocycles. The smallest absolute Gasteiger partial charge is 0.337 e. The SMILES string of the molecule is CCN(CC)S(=O)(=O)c1cc([N+](=O)[O-])ccc1N/N=C/c1ccc(OCc2ccc(C(=O)OC)cc2)cc1. The van der Waals surface area contributed by atoms with Gasteiger partial charge >= 0.3 is 5.97 Å². The molecular weight excluding hydrogens is 512 g/mol. The topological polar surface area (TPSA) is 140 Å². The highest BCUT2D eigenvalue weighted by Gasteiger charge is 2.27. The van der Waals surface area contributed by atoms with Crippen LogP contribution in [0.4, 0.5) is 11.4 Å². The molecule has 3 rings (SSSR count). The number of hydrogen-bond donors (Lipinski definition) is 1. The molecule has 0 radical (unpaired) electrons. The molecule has 0 spiro atoms. The van der Waals surface area contributed by atoms with Crippen LogP contribution in [0.3, 0.4) is 0 Å². The molecule has 0 saturated carbocycles. The van der Waals surface area contributed by atoms with Crippen LogP contribution in [0.1, 0.15) is 35.3 Å². The number of nitro groups is 1. The number of anilines is 1. The van der Waals surface area contributed by atoms with E-state index in [1.807, 2.05) is 0 Å². The Hall–Kier alpha value is -4.29. The van der Waals surface area contributed by atoms with Crippen molar-refractivity contribution >= 4 is 33.6 Å². The molecule has 12 heteroatoms. The fourth-order valence-corrected chi connectivity index (χ4v) is 5.10.